The van der Waals surface area contributed by atoms with E-state index >= 15 is 0 Å². The molecule has 66 valence electrons. The van der Waals surface area contributed by atoms with E-state index in [9.17, 15) is 4.79 Å². The summed E-state index contributed by atoms with van der Waals surface area (Å²) in [6, 6.07) is 3.62. The monoisotopic (exact) mass is 193 g/mol. The smallest absolute Gasteiger partial charge is 0.162 e. The Balaban J connectivity index is 2.48. The molecule has 0 spiro atoms. The van der Waals surface area contributed by atoms with E-state index in [1.807, 2.05) is 13.0 Å². The fourth-order valence-corrected chi connectivity index (χ4v) is 1.87. The molecule has 0 aliphatic carbocycles. The molecule has 0 amide bonds. The lowest BCUT2D eigenvalue weighted by Gasteiger charge is -1.84. The Morgan fingerprint density at radius 1 is 1.62 bits per heavy atom. The van der Waals surface area contributed by atoms with Crippen molar-refractivity contribution in [2.45, 2.75) is 6.92 Å². The van der Waals surface area contributed by atoms with Crippen molar-refractivity contribution in [3.05, 3.63) is 29.0 Å². The normalized spacial score (nSPS) is 10.2. The molecule has 0 aliphatic rings. The van der Waals surface area contributed by atoms with Crippen LogP contribution in [-0.4, -0.2) is 11.3 Å². The van der Waals surface area contributed by atoms with Crippen LogP contribution in [0.4, 0.5) is 0 Å². The molecule has 2 aromatic rings. The second-order valence-corrected chi connectivity index (χ2v) is 3.59. The van der Waals surface area contributed by atoms with Gasteiger partial charge in [-0.1, -0.05) is 0 Å². The van der Waals surface area contributed by atoms with E-state index in [0.29, 0.717) is 10.6 Å². The predicted molar refractivity (Wildman–Crippen MR) is 49.9 cm³/mol. The van der Waals surface area contributed by atoms with Crippen LogP contribution in [0.2, 0.25) is 0 Å². The van der Waals surface area contributed by atoms with Crippen LogP contribution >= 0.6 is 11.3 Å². The number of rotatable bonds is 2. The average Bonchev–Trinajstić information content (AvgIpc) is 2.71. The zero-order valence-corrected chi connectivity index (χ0v) is 7.80. The number of thiazole rings is 1. The van der Waals surface area contributed by atoms with E-state index in [1.54, 1.807) is 12.3 Å². The SMILES string of the molecule is Cc1nc(-c2ccco2)sc1C=O. The summed E-state index contributed by atoms with van der Waals surface area (Å²) in [4.78, 5) is 15.4. The lowest BCUT2D eigenvalue weighted by Crippen LogP contribution is -1.77. The third-order valence-electron chi connectivity index (χ3n) is 1.67. The third-order valence-corrected chi connectivity index (χ3v) is 2.77. The molecular weight excluding hydrogens is 186 g/mol. The van der Waals surface area contributed by atoms with Crippen molar-refractivity contribution in [3.8, 4) is 10.8 Å². The first-order valence-electron chi connectivity index (χ1n) is 3.78. The lowest BCUT2D eigenvalue weighted by molar-refractivity contribution is 0.112. The Hall–Kier alpha value is -1.42. The third kappa shape index (κ3) is 1.40. The number of carbonyl (C=O) groups is 1. The minimum Gasteiger partial charge on any atom is -0.462 e. The van der Waals surface area contributed by atoms with Gasteiger partial charge in [-0.2, -0.15) is 0 Å². The molecule has 0 bridgehead atoms. The summed E-state index contributed by atoms with van der Waals surface area (Å²) in [6.45, 7) is 1.81. The van der Waals surface area contributed by atoms with Crippen molar-refractivity contribution in [1.29, 1.82) is 0 Å². The number of hydrogen-bond donors (Lipinski definition) is 0. The summed E-state index contributed by atoms with van der Waals surface area (Å²) in [5.41, 5.74) is 0.756. The van der Waals surface area contributed by atoms with E-state index in [-0.39, 0.29) is 0 Å². The van der Waals surface area contributed by atoms with Gasteiger partial charge in [0.25, 0.3) is 0 Å². The van der Waals surface area contributed by atoms with Crippen molar-refractivity contribution in [1.82, 2.24) is 4.98 Å². The molecule has 0 fully saturated rings. The van der Waals surface area contributed by atoms with Crippen LogP contribution in [0, 0.1) is 6.92 Å². The Bertz CT molecular complexity index is 417. The molecule has 0 N–H and O–H groups in total. The van der Waals surface area contributed by atoms with Gasteiger partial charge in [0.1, 0.15) is 0 Å². The Morgan fingerprint density at radius 3 is 3.00 bits per heavy atom. The van der Waals surface area contributed by atoms with E-state index in [4.69, 9.17) is 4.42 Å². The predicted octanol–water partition coefficient (Wildman–Crippen LogP) is 2.52. The molecule has 4 heteroatoms. The Kier molecular flexibility index (Phi) is 1.98. The molecule has 2 rings (SSSR count). The number of aldehydes is 1. The van der Waals surface area contributed by atoms with Crippen LogP contribution in [0.5, 0.6) is 0 Å². The highest BCUT2D eigenvalue weighted by molar-refractivity contribution is 7.16. The molecule has 0 saturated carbocycles. The van der Waals surface area contributed by atoms with E-state index < -0.39 is 0 Å². The maximum absolute atomic E-state index is 10.6. The fraction of sp³-hybridized carbons (Fsp3) is 0.111. The molecule has 0 unspecified atom stereocenters. The lowest BCUT2D eigenvalue weighted by atomic mass is 10.4. The molecule has 2 aromatic heterocycles. The standard InChI is InChI=1S/C9H7NO2S/c1-6-8(5-11)13-9(10-6)7-3-2-4-12-7/h2-5H,1H3. The zero-order chi connectivity index (χ0) is 9.26. The van der Waals surface area contributed by atoms with Crippen LogP contribution in [0.25, 0.3) is 10.8 Å². The maximum Gasteiger partial charge on any atom is 0.162 e. The van der Waals surface area contributed by atoms with Gasteiger partial charge in [-0.3, -0.25) is 4.79 Å². The number of carbonyl (C=O) groups excluding carboxylic acids is 1. The molecule has 0 aromatic carbocycles. The van der Waals surface area contributed by atoms with Crippen LogP contribution in [0.3, 0.4) is 0 Å². The maximum atomic E-state index is 10.6. The Labute approximate surface area is 79.0 Å². The molecular formula is C9H7NO2S. The van der Waals surface area contributed by atoms with E-state index in [2.05, 4.69) is 4.98 Å². The molecule has 0 radical (unpaired) electrons. The minimum absolute atomic E-state index is 0.659. The quantitative estimate of drug-likeness (QED) is 0.688. The first-order chi connectivity index (χ1) is 6.31. The van der Waals surface area contributed by atoms with Crippen molar-refractivity contribution in [2.75, 3.05) is 0 Å². The first-order valence-corrected chi connectivity index (χ1v) is 4.59. The number of nitrogens with zero attached hydrogens (tertiary/aromatic N) is 1. The molecule has 0 aliphatic heterocycles. The Morgan fingerprint density at radius 2 is 2.46 bits per heavy atom. The second kappa shape index (κ2) is 3.14. The van der Waals surface area contributed by atoms with Gasteiger partial charge in [0.05, 0.1) is 16.8 Å². The zero-order valence-electron chi connectivity index (χ0n) is 6.98. The molecule has 13 heavy (non-hydrogen) atoms. The summed E-state index contributed by atoms with van der Waals surface area (Å²) in [6.07, 6.45) is 2.41. The average molecular weight is 193 g/mol. The highest BCUT2D eigenvalue weighted by Gasteiger charge is 2.09. The highest BCUT2D eigenvalue weighted by atomic mass is 32.1. The molecule has 0 atom stereocenters. The summed E-state index contributed by atoms with van der Waals surface area (Å²) in [7, 11) is 0. The van der Waals surface area contributed by atoms with Crippen molar-refractivity contribution in [2.24, 2.45) is 0 Å². The number of aryl methyl sites for hydroxylation is 1. The molecule has 0 saturated heterocycles. The highest BCUT2D eigenvalue weighted by Crippen LogP contribution is 2.26. The number of furan rings is 1. The van der Waals surface area contributed by atoms with Crippen LogP contribution in [0.15, 0.2) is 22.8 Å². The van der Waals surface area contributed by atoms with Gasteiger partial charge < -0.3 is 4.42 Å². The summed E-state index contributed by atoms with van der Waals surface area (Å²) >= 11 is 1.34. The fourth-order valence-electron chi connectivity index (χ4n) is 1.02. The van der Waals surface area contributed by atoms with Gasteiger partial charge in [-0.05, 0) is 19.1 Å². The van der Waals surface area contributed by atoms with Crippen LogP contribution in [-0.2, 0) is 0 Å². The van der Waals surface area contributed by atoms with Crippen LogP contribution in [0.1, 0.15) is 15.4 Å². The van der Waals surface area contributed by atoms with Crippen molar-refractivity contribution >= 4 is 17.6 Å². The van der Waals surface area contributed by atoms with E-state index in [0.717, 1.165) is 17.0 Å². The van der Waals surface area contributed by atoms with Crippen LogP contribution < -0.4 is 0 Å². The van der Waals surface area contributed by atoms with Gasteiger partial charge >= 0.3 is 0 Å². The second-order valence-electron chi connectivity index (χ2n) is 2.56. The van der Waals surface area contributed by atoms with Gasteiger partial charge in [0.15, 0.2) is 17.1 Å². The van der Waals surface area contributed by atoms with Gasteiger partial charge in [0.2, 0.25) is 0 Å². The van der Waals surface area contributed by atoms with Crippen molar-refractivity contribution < 1.29 is 9.21 Å². The van der Waals surface area contributed by atoms with Gasteiger partial charge in [0, 0.05) is 0 Å². The van der Waals surface area contributed by atoms with Crippen molar-refractivity contribution in [3.63, 3.8) is 0 Å². The first kappa shape index (κ1) is 8.19. The molecule has 3 nitrogen and oxygen atoms in total. The van der Waals surface area contributed by atoms with Gasteiger partial charge in [-0.25, -0.2) is 4.98 Å². The molecule has 2 heterocycles. The minimum atomic E-state index is 0.659. The summed E-state index contributed by atoms with van der Waals surface area (Å²) in [5, 5.41) is 0.754. The van der Waals surface area contributed by atoms with Gasteiger partial charge in [-0.15, -0.1) is 11.3 Å². The largest absolute Gasteiger partial charge is 0.462 e. The number of aromatic nitrogens is 1. The summed E-state index contributed by atoms with van der Waals surface area (Å²) in [5.74, 6) is 0.709. The topological polar surface area (TPSA) is 43.1 Å². The summed E-state index contributed by atoms with van der Waals surface area (Å²) < 4.78 is 5.16. The van der Waals surface area contributed by atoms with E-state index in [1.165, 1.54) is 11.3 Å². The number of hydrogen-bond acceptors (Lipinski definition) is 4.